The summed E-state index contributed by atoms with van der Waals surface area (Å²) in [5, 5.41) is 0.0878. The summed E-state index contributed by atoms with van der Waals surface area (Å²) in [5.74, 6) is 0.758. The van der Waals surface area contributed by atoms with E-state index in [4.69, 9.17) is 4.74 Å². The zero-order valence-corrected chi connectivity index (χ0v) is 14.9. The summed E-state index contributed by atoms with van der Waals surface area (Å²) >= 11 is 3.41. The Morgan fingerprint density at radius 3 is 2.64 bits per heavy atom. The van der Waals surface area contributed by atoms with Gasteiger partial charge in [-0.2, -0.15) is 4.31 Å². The Morgan fingerprint density at radius 1 is 1.36 bits per heavy atom. The van der Waals surface area contributed by atoms with E-state index in [0.717, 1.165) is 18.2 Å². The van der Waals surface area contributed by atoms with E-state index < -0.39 is 10.0 Å². The average molecular weight is 390 g/mol. The van der Waals surface area contributed by atoms with Crippen molar-refractivity contribution < 1.29 is 13.2 Å². The number of hydrogen-bond acceptors (Lipinski definition) is 5. The van der Waals surface area contributed by atoms with Gasteiger partial charge in [0, 0.05) is 26.7 Å². The SMILES string of the molecule is CN(CC1CC1)c1ccc(S(=O)(=O)N2CCOCC2)nc1Br. The van der Waals surface area contributed by atoms with Crippen molar-refractivity contribution >= 4 is 31.6 Å². The molecule has 2 heterocycles. The van der Waals surface area contributed by atoms with E-state index in [9.17, 15) is 8.42 Å². The van der Waals surface area contributed by atoms with Gasteiger partial charge in [-0.25, -0.2) is 13.4 Å². The molecule has 1 saturated carbocycles. The Morgan fingerprint density at radius 2 is 2.05 bits per heavy atom. The number of halogens is 1. The average Bonchev–Trinajstić information content (AvgIpc) is 3.31. The first-order valence-corrected chi connectivity index (χ1v) is 9.67. The van der Waals surface area contributed by atoms with Gasteiger partial charge in [0.15, 0.2) is 5.03 Å². The molecule has 6 nitrogen and oxygen atoms in total. The topological polar surface area (TPSA) is 62.7 Å². The number of sulfonamides is 1. The van der Waals surface area contributed by atoms with E-state index in [-0.39, 0.29) is 5.03 Å². The predicted octanol–water partition coefficient (Wildman–Crippen LogP) is 1.71. The molecule has 1 aliphatic carbocycles. The van der Waals surface area contributed by atoms with E-state index in [2.05, 4.69) is 25.8 Å². The minimum Gasteiger partial charge on any atom is -0.379 e. The van der Waals surface area contributed by atoms with E-state index in [0.29, 0.717) is 30.9 Å². The van der Waals surface area contributed by atoms with Crippen LogP contribution in [0.1, 0.15) is 12.8 Å². The third-order valence-electron chi connectivity index (χ3n) is 4.02. The van der Waals surface area contributed by atoms with Crippen LogP contribution >= 0.6 is 15.9 Å². The van der Waals surface area contributed by atoms with Crippen molar-refractivity contribution in [3.05, 3.63) is 16.7 Å². The number of ether oxygens (including phenoxy) is 1. The summed E-state index contributed by atoms with van der Waals surface area (Å²) in [6.45, 7) is 2.61. The molecule has 0 radical (unpaired) electrons. The fourth-order valence-corrected chi connectivity index (χ4v) is 4.63. The first kappa shape index (κ1) is 16.2. The van der Waals surface area contributed by atoms with Crippen molar-refractivity contribution in [1.82, 2.24) is 9.29 Å². The lowest BCUT2D eigenvalue weighted by molar-refractivity contribution is 0.0729. The highest BCUT2D eigenvalue weighted by molar-refractivity contribution is 9.10. The summed E-state index contributed by atoms with van der Waals surface area (Å²) in [4.78, 5) is 6.40. The number of nitrogens with zero attached hydrogens (tertiary/aromatic N) is 3. The quantitative estimate of drug-likeness (QED) is 0.717. The molecule has 1 aromatic heterocycles. The van der Waals surface area contributed by atoms with Crippen molar-refractivity contribution in [3.8, 4) is 0 Å². The van der Waals surface area contributed by atoms with E-state index >= 15 is 0 Å². The molecule has 2 fully saturated rings. The largest absolute Gasteiger partial charge is 0.379 e. The number of rotatable bonds is 5. The molecular weight excluding hydrogens is 370 g/mol. The maximum absolute atomic E-state index is 12.6. The Bertz CT molecular complexity index is 643. The van der Waals surface area contributed by atoms with Crippen molar-refractivity contribution in [2.75, 3.05) is 44.8 Å². The molecule has 0 bridgehead atoms. The first-order valence-electron chi connectivity index (χ1n) is 7.44. The van der Waals surface area contributed by atoms with Crippen LogP contribution in [0.4, 0.5) is 5.69 Å². The second kappa shape index (κ2) is 6.43. The lowest BCUT2D eigenvalue weighted by Gasteiger charge is -2.26. The highest BCUT2D eigenvalue weighted by Crippen LogP contribution is 2.33. The van der Waals surface area contributed by atoms with Crippen LogP contribution in [0.5, 0.6) is 0 Å². The second-order valence-electron chi connectivity index (χ2n) is 5.80. The molecule has 0 unspecified atom stereocenters. The van der Waals surface area contributed by atoms with Gasteiger partial charge in [0.1, 0.15) is 4.60 Å². The van der Waals surface area contributed by atoms with E-state index in [1.807, 2.05) is 13.1 Å². The summed E-state index contributed by atoms with van der Waals surface area (Å²) in [7, 11) is -1.53. The van der Waals surface area contributed by atoms with Crippen LogP contribution in [-0.2, 0) is 14.8 Å². The molecule has 122 valence electrons. The monoisotopic (exact) mass is 389 g/mol. The van der Waals surface area contributed by atoms with Gasteiger partial charge >= 0.3 is 0 Å². The molecule has 0 atom stereocenters. The van der Waals surface area contributed by atoms with Gasteiger partial charge in [-0.1, -0.05) is 0 Å². The zero-order chi connectivity index (χ0) is 15.7. The highest BCUT2D eigenvalue weighted by Gasteiger charge is 2.29. The molecule has 22 heavy (non-hydrogen) atoms. The molecule has 0 N–H and O–H groups in total. The minimum atomic E-state index is -3.54. The number of aromatic nitrogens is 1. The van der Waals surface area contributed by atoms with Gasteiger partial charge in [0.05, 0.1) is 18.9 Å². The fourth-order valence-electron chi connectivity index (χ4n) is 2.54. The summed E-state index contributed by atoms with van der Waals surface area (Å²) < 4.78 is 32.4. The molecule has 2 aliphatic rings. The Balaban J connectivity index is 1.80. The maximum atomic E-state index is 12.6. The number of hydrogen-bond donors (Lipinski definition) is 0. The zero-order valence-electron chi connectivity index (χ0n) is 12.5. The van der Waals surface area contributed by atoms with Crippen LogP contribution in [-0.4, -0.2) is 57.6 Å². The first-order chi connectivity index (χ1) is 10.5. The standard InChI is InChI=1S/C14H20BrN3O3S/c1-17(10-11-2-3-11)12-4-5-13(16-14(12)15)22(19,20)18-6-8-21-9-7-18/h4-5,11H,2-3,6-10H2,1H3. The van der Waals surface area contributed by atoms with Crippen molar-refractivity contribution in [3.63, 3.8) is 0 Å². The van der Waals surface area contributed by atoms with Crippen LogP contribution in [0, 0.1) is 5.92 Å². The third kappa shape index (κ3) is 3.45. The van der Waals surface area contributed by atoms with Gasteiger partial charge in [-0.3, -0.25) is 0 Å². The van der Waals surface area contributed by atoms with Gasteiger partial charge in [0.25, 0.3) is 10.0 Å². The minimum absolute atomic E-state index is 0.0878. The lowest BCUT2D eigenvalue weighted by Crippen LogP contribution is -2.40. The van der Waals surface area contributed by atoms with Gasteiger partial charge < -0.3 is 9.64 Å². The van der Waals surface area contributed by atoms with Crippen LogP contribution in [0.2, 0.25) is 0 Å². The molecule has 0 aromatic carbocycles. The van der Waals surface area contributed by atoms with Crippen LogP contribution in [0.15, 0.2) is 21.8 Å². The smallest absolute Gasteiger partial charge is 0.260 e. The van der Waals surface area contributed by atoms with Gasteiger partial charge in [-0.05, 0) is 46.8 Å². The highest BCUT2D eigenvalue weighted by atomic mass is 79.9. The van der Waals surface area contributed by atoms with Crippen molar-refractivity contribution in [2.24, 2.45) is 5.92 Å². The normalized spacial score (nSPS) is 20.1. The molecule has 3 rings (SSSR count). The third-order valence-corrected chi connectivity index (χ3v) is 6.40. The number of pyridine rings is 1. The Hall–Kier alpha value is -0.700. The van der Waals surface area contributed by atoms with Crippen LogP contribution in [0.25, 0.3) is 0 Å². The molecular formula is C14H20BrN3O3S. The summed E-state index contributed by atoms with van der Waals surface area (Å²) in [6, 6.07) is 3.42. The van der Waals surface area contributed by atoms with Gasteiger partial charge in [0.2, 0.25) is 0 Å². The van der Waals surface area contributed by atoms with Gasteiger partial charge in [-0.15, -0.1) is 0 Å². The van der Waals surface area contributed by atoms with Crippen LogP contribution in [0.3, 0.4) is 0 Å². The number of anilines is 1. The fraction of sp³-hybridized carbons (Fsp3) is 0.643. The van der Waals surface area contributed by atoms with Crippen LogP contribution < -0.4 is 4.90 Å². The summed E-state index contributed by atoms with van der Waals surface area (Å²) in [6.07, 6.45) is 2.55. The molecule has 1 aliphatic heterocycles. The summed E-state index contributed by atoms with van der Waals surface area (Å²) in [5.41, 5.74) is 0.924. The molecule has 8 heteroatoms. The maximum Gasteiger partial charge on any atom is 0.260 e. The Kier molecular flexibility index (Phi) is 4.72. The Labute approximate surface area is 139 Å². The lowest BCUT2D eigenvalue weighted by atomic mass is 10.3. The molecule has 0 amide bonds. The van der Waals surface area contributed by atoms with Crippen molar-refractivity contribution in [2.45, 2.75) is 17.9 Å². The molecule has 1 saturated heterocycles. The second-order valence-corrected chi connectivity index (χ2v) is 8.44. The number of morpholine rings is 1. The molecule has 0 spiro atoms. The van der Waals surface area contributed by atoms with Crippen molar-refractivity contribution in [1.29, 1.82) is 0 Å². The van der Waals surface area contributed by atoms with E-state index in [1.54, 1.807) is 6.07 Å². The van der Waals surface area contributed by atoms with E-state index in [1.165, 1.54) is 17.1 Å². The molecule has 1 aromatic rings. The predicted molar refractivity (Wildman–Crippen MR) is 87.5 cm³/mol.